The number of amides is 1. The molecule has 1 aromatic heterocycles. The molecule has 6 heteroatoms. The number of nitrogens with zero attached hydrogens (tertiary/aromatic N) is 3. The Balaban J connectivity index is 2.00. The van der Waals surface area contributed by atoms with Crippen molar-refractivity contribution in [3.63, 3.8) is 0 Å². The first-order valence-corrected chi connectivity index (χ1v) is 9.21. The molecule has 2 aromatic rings. The van der Waals surface area contributed by atoms with Gasteiger partial charge in [0.2, 0.25) is 5.91 Å². The number of aromatic nitrogens is 2. The quantitative estimate of drug-likeness (QED) is 0.773. The fraction of sp³-hybridized carbons (Fsp3) is 0.476. The lowest BCUT2D eigenvalue weighted by atomic mass is 10.0. The summed E-state index contributed by atoms with van der Waals surface area (Å²) in [5.41, 5.74) is 5.14. The molecule has 0 saturated carbocycles. The van der Waals surface area contributed by atoms with Gasteiger partial charge >= 0.3 is 0 Å². The maximum atomic E-state index is 12.5. The number of carbonyl (C=O) groups excluding carboxylic acids is 1. The van der Waals surface area contributed by atoms with E-state index in [1.165, 1.54) is 0 Å². The molecule has 1 atom stereocenters. The second-order valence-electron chi connectivity index (χ2n) is 6.82. The number of hydrogen-bond acceptors (Lipinski definition) is 4. The molecule has 0 fully saturated rings. The minimum atomic E-state index is -0.132. The van der Waals surface area contributed by atoms with Crippen molar-refractivity contribution in [2.24, 2.45) is 0 Å². The van der Waals surface area contributed by atoms with Crippen molar-refractivity contribution in [3.8, 4) is 11.8 Å². The van der Waals surface area contributed by atoms with Crippen LogP contribution in [0.2, 0.25) is 0 Å². The van der Waals surface area contributed by atoms with E-state index in [2.05, 4.69) is 16.5 Å². The Bertz CT molecular complexity index is 849. The third-order valence-electron chi connectivity index (χ3n) is 4.80. The van der Waals surface area contributed by atoms with Crippen LogP contribution in [0.3, 0.4) is 0 Å². The molecule has 6 nitrogen and oxygen atoms in total. The largest absolute Gasteiger partial charge is 0.496 e. The topological polar surface area (TPSA) is 79.9 Å². The number of carbonyl (C=O) groups is 1. The average Bonchev–Trinajstić information content (AvgIpc) is 2.91. The smallest absolute Gasteiger partial charge is 0.220 e. The summed E-state index contributed by atoms with van der Waals surface area (Å²) in [6.45, 7) is 8.51. The highest BCUT2D eigenvalue weighted by molar-refractivity contribution is 5.76. The fourth-order valence-electron chi connectivity index (χ4n) is 3.29. The maximum Gasteiger partial charge on any atom is 0.220 e. The lowest BCUT2D eigenvalue weighted by Gasteiger charge is -2.18. The van der Waals surface area contributed by atoms with E-state index in [1.807, 2.05) is 50.6 Å². The van der Waals surface area contributed by atoms with E-state index < -0.39 is 0 Å². The Morgan fingerprint density at radius 3 is 2.78 bits per heavy atom. The molecule has 1 heterocycles. The first kappa shape index (κ1) is 20.5. The minimum Gasteiger partial charge on any atom is -0.496 e. The van der Waals surface area contributed by atoms with Crippen LogP contribution in [-0.2, 0) is 17.8 Å². The van der Waals surface area contributed by atoms with Crippen LogP contribution in [0.1, 0.15) is 53.9 Å². The van der Waals surface area contributed by atoms with Crippen LogP contribution in [0.25, 0.3) is 0 Å². The number of benzene rings is 1. The number of ether oxygens (including phenoxy) is 1. The second-order valence-corrected chi connectivity index (χ2v) is 6.82. The third kappa shape index (κ3) is 5.10. The van der Waals surface area contributed by atoms with Crippen molar-refractivity contribution in [2.75, 3.05) is 7.11 Å². The van der Waals surface area contributed by atoms with Gasteiger partial charge in [-0.25, -0.2) is 0 Å². The molecule has 1 N–H and O–H groups in total. The Kier molecular flexibility index (Phi) is 7.00. The minimum absolute atomic E-state index is 0.00497. The molecule has 0 aliphatic rings. The molecule has 0 bridgehead atoms. The molecule has 0 aliphatic heterocycles. The highest BCUT2D eigenvalue weighted by Crippen LogP contribution is 2.26. The zero-order valence-corrected chi connectivity index (χ0v) is 16.8. The van der Waals surface area contributed by atoms with E-state index in [4.69, 9.17) is 10.00 Å². The zero-order valence-electron chi connectivity index (χ0n) is 16.8. The molecule has 0 radical (unpaired) electrons. The number of hydrogen-bond donors (Lipinski definition) is 1. The van der Waals surface area contributed by atoms with Gasteiger partial charge in [0, 0.05) is 17.7 Å². The summed E-state index contributed by atoms with van der Waals surface area (Å²) < 4.78 is 7.27. The predicted octanol–water partition coefficient (Wildman–Crippen LogP) is 3.54. The molecule has 1 unspecified atom stereocenters. The third-order valence-corrected chi connectivity index (χ3v) is 4.80. The Morgan fingerprint density at radius 1 is 1.37 bits per heavy atom. The number of aryl methyl sites for hydroxylation is 3. The lowest BCUT2D eigenvalue weighted by Crippen LogP contribution is -2.27. The molecule has 2 rings (SSSR count). The standard InChI is InChI=1S/C21H28N4O2/c1-14-7-9-20(27-5)19(13-14)15(2)23-21(26)10-8-18-16(3)24-25(17(18)4)12-6-11-22/h7,9,13,15H,6,8,10,12H2,1-5H3,(H,23,26). The van der Waals surface area contributed by atoms with Gasteiger partial charge in [-0.1, -0.05) is 17.7 Å². The molecule has 0 saturated heterocycles. The van der Waals surface area contributed by atoms with Gasteiger partial charge in [-0.2, -0.15) is 10.4 Å². The van der Waals surface area contributed by atoms with Gasteiger partial charge < -0.3 is 10.1 Å². The normalized spacial score (nSPS) is 11.7. The molecule has 144 valence electrons. The summed E-state index contributed by atoms with van der Waals surface area (Å²) in [5.74, 6) is 0.772. The van der Waals surface area contributed by atoms with Gasteiger partial charge in [-0.15, -0.1) is 0 Å². The highest BCUT2D eigenvalue weighted by Gasteiger charge is 2.16. The monoisotopic (exact) mass is 368 g/mol. The van der Waals surface area contributed by atoms with E-state index in [-0.39, 0.29) is 11.9 Å². The van der Waals surface area contributed by atoms with E-state index >= 15 is 0 Å². The Morgan fingerprint density at radius 2 is 2.11 bits per heavy atom. The van der Waals surface area contributed by atoms with Gasteiger partial charge in [0.05, 0.1) is 37.9 Å². The van der Waals surface area contributed by atoms with Crippen molar-refractivity contribution in [2.45, 2.75) is 59.5 Å². The number of methoxy groups -OCH3 is 1. The van der Waals surface area contributed by atoms with Crippen molar-refractivity contribution >= 4 is 5.91 Å². The first-order valence-electron chi connectivity index (χ1n) is 9.21. The van der Waals surface area contributed by atoms with Crippen LogP contribution >= 0.6 is 0 Å². The van der Waals surface area contributed by atoms with E-state index in [9.17, 15) is 4.79 Å². The van der Waals surface area contributed by atoms with Crippen LogP contribution in [-0.4, -0.2) is 22.8 Å². The summed E-state index contributed by atoms with van der Waals surface area (Å²) in [4.78, 5) is 12.5. The van der Waals surface area contributed by atoms with Crippen molar-refractivity contribution in [1.82, 2.24) is 15.1 Å². The first-order chi connectivity index (χ1) is 12.9. The van der Waals surface area contributed by atoms with E-state index in [1.54, 1.807) is 7.11 Å². The van der Waals surface area contributed by atoms with Crippen LogP contribution in [0.5, 0.6) is 5.75 Å². The number of rotatable bonds is 8. The van der Waals surface area contributed by atoms with Crippen LogP contribution in [0.15, 0.2) is 18.2 Å². The Hall–Kier alpha value is -2.81. The van der Waals surface area contributed by atoms with Crippen LogP contribution in [0.4, 0.5) is 0 Å². The SMILES string of the molecule is COc1ccc(C)cc1C(C)NC(=O)CCc1c(C)nn(CCC#N)c1C. The summed E-state index contributed by atoms with van der Waals surface area (Å²) in [6.07, 6.45) is 1.45. The average molecular weight is 368 g/mol. The summed E-state index contributed by atoms with van der Waals surface area (Å²) >= 11 is 0. The van der Waals surface area contributed by atoms with Crippen molar-refractivity contribution in [3.05, 3.63) is 46.3 Å². The van der Waals surface area contributed by atoms with Gasteiger partial charge in [0.1, 0.15) is 5.75 Å². The van der Waals surface area contributed by atoms with Gasteiger partial charge in [0.15, 0.2) is 0 Å². The van der Waals surface area contributed by atoms with Crippen LogP contribution < -0.4 is 10.1 Å². The van der Waals surface area contributed by atoms with Crippen molar-refractivity contribution < 1.29 is 9.53 Å². The van der Waals surface area contributed by atoms with E-state index in [0.29, 0.717) is 25.8 Å². The maximum absolute atomic E-state index is 12.5. The van der Waals surface area contributed by atoms with E-state index in [0.717, 1.165) is 33.8 Å². The molecular formula is C21H28N4O2. The molecule has 0 aliphatic carbocycles. The fourth-order valence-corrected chi connectivity index (χ4v) is 3.29. The van der Waals surface area contributed by atoms with Gasteiger partial charge in [-0.3, -0.25) is 9.48 Å². The summed E-state index contributed by atoms with van der Waals surface area (Å²) in [5, 5.41) is 16.3. The summed E-state index contributed by atoms with van der Waals surface area (Å²) in [6, 6.07) is 7.96. The zero-order chi connectivity index (χ0) is 20.0. The van der Waals surface area contributed by atoms with Gasteiger partial charge in [0.25, 0.3) is 0 Å². The molecule has 1 aromatic carbocycles. The second kappa shape index (κ2) is 9.22. The highest BCUT2D eigenvalue weighted by atomic mass is 16.5. The lowest BCUT2D eigenvalue weighted by molar-refractivity contribution is -0.121. The van der Waals surface area contributed by atoms with Crippen molar-refractivity contribution in [1.29, 1.82) is 5.26 Å². The molecule has 0 spiro atoms. The molecular weight excluding hydrogens is 340 g/mol. The molecule has 27 heavy (non-hydrogen) atoms. The molecule has 1 amide bonds. The van der Waals surface area contributed by atoms with Gasteiger partial charge in [-0.05, 0) is 45.7 Å². The predicted molar refractivity (Wildman–Crippen MR) is 105 cm³/mol. The number of nitriles is 1. The Labute approximate surface area is 161 Å². The summed E-state index contributed by atoms with van der Waals surface area (Å²) in [7, 11) is 1.64. The van der Waals surface area contributed by atoms with Crippen LogP contribution in [0, 0.1) is 32.1 Å². The number of nitrogens with one attached hydrogen (secondary N) is 1.